The minimum atomic E-state index is -0.697. The van der Waals surface area contributed by atoms with Gasteiger partial charge in [-0.3, -0.25) is 14.4 Å². The molecule has 1 atom stereocenters. The second-order valence-electron chi connectivity index (χ2n) is 4.88. The SMILES string of the molecule is O=C(CNC(=O)c1cccc(F)c1)OC1CCCCC1=O. The van der Waals surface area contributed by atoms with Crippen molar-refractivity contribution >= 4 is 17.7 Å². The first-order valence-corrected chi connectivity index (χ1v) is 6.82. The van der Waals surface area contributed by atoms with Crippen LogP contribution in [0.4, 0.5) is 4.39 Å². The highest BCUT2D eigenvalue weighted by Gasteiger charge is 2.25. The molecular formula is C15H16FNO4. The second-order valence-corrected chi connectivity index (χ2v) is 4.88. The van der Waals surface area contributed by atoms with Crippen molar-refractivity contribution in [2.45, 2.75) is 31.8 Å². The first-order chi connectivity index (χ1) is 10.1. The fraction of sp³-hybridized carbons (Fsp3) is 0.400. The highest BCUT2D eigenvalue weighted by atomic mass is 19.1. The van der Waals surface area contributed by atoms with E-state index in [1.165, 1.54) is 18.2 Å². The number of rotatable bonds is 4. The number of hydrogen-bond donors (Lipinski definition) is 1. The van der Waals surface area contributed by atoms with Gasteiger partial charge >= 0.3 is 5.97 Å². The Balaban J connectivity index is 1.81. The molecular weight excluding hydrogens is 277 g/mol. The van der Waals surface area contributed by atoms with E-state index < -0.39 is 23.8 Å². The Morgan fingerprint density at radius 3 is 2.86 bits per heavy atom. The van der Waals surface area contributed by atoms with Gasteiger partial charge in [-0.2, -0.15) is 0 Å². The minimum Gasteiger partial charge on any atom is -0.453 e. The van der Waals surface area contributed by atoms with E-state index in [0.29, 0.717) is 12.8 Å². The van der Waals surface area contributed by atoms with Gasteiger partial charge in [-0.15, -0.1) is 0 Å². The second kappa shape index (κ2) is 6.97. The fourth-order valence-corrected chi connectivity index (χ4v) is 2.16. The van der Waals surface area contributed by atoms with Gasteiger partial charge in [0, 0.05) is 12.0 Å². The zero-order valence-electron chi connectivity index (χ0n) is 11.4. The molecule has 21 heavy (non-hydrogen) atoms. The first kappa shape index (κ1) is 15.2. The Morgan fingerprint density at radius 2 is 2.14 bits per heavy atom. The molecule has 1 unspecified atom stereocenters. The van der Waals surface area contributed by atoms with E-state index in [1.807, 2.05) is 0 Å². The summed E-state index contributed by atoms with van der Waals surface area (Å²) < 4.78 is 18.0. The van der Waals surface area contributed by atoms with Gasteiger partial charge in [-0.1, -0.05) is 6.07 Å². The summed E-state index contributed by atoms with van der Waals surface area (Å²) in [5.74, 6) is -1.84. The van der Waals surface area contributed by atoms with Crippen molar-refractivity contribution in [3.8, 4) is 0 Å². The number of hydrogen-bond acceptors (Lipinski definition) is 4. The molecule has 1 N–H and O–H groups in total. The van der Waals surface area contributed by atoms with Gasteiger partial charge in [0.15, 0.2) is 11.9 Å². The number of Topliss-reactive ketones (excluding diaryl/α,β-unsaturated/α-hetero) is 1. The smallest absolute Gasteiger partial charge is 0.326 e. The van der Waals surface area contributed by atoms with Crippen molar-refractivity contribution in [2.75, 3.05) is 6.54 Å². The summed E-state index contributed by atoms with van der Waals surface area (Å²) in [6.45, 7) is -0.348. The molecule has 0 spiro atoms. The standard InChI is InChI=1S/C15H16FNO4/c16-11-5-3-4-10(8-11)15(20)17-9-14(19)21-13-7-2-1-6-12(13)18/h3-5,8,13H,1-2,6-7,9H2,(H,17,20). The molecule has 6 heteroatoms. The van der Waals surface area contributed by atoms with Crippen molar-refractivity contribution in [3.05, 3.63) is 35.6 Å². The predicted octanol–water partition coefficient (Wildman–Crippen LogP) is 1.61. The normalized spacial score (nSPS) is 18.1. The molecule has 1 amide bonds. The van der Waals surface area contributed by atoms with Gasteiger partial charge in [0.05, 0.1) is 0 Å². The number of carbonyl (C=O) groups excluding carboxylic acids is 3. The van der Waals surface area contributed by atoms with E-state index in [4.69, 9.17) is 4.74 Å². The zero-order chi connectivity index (χ0) is 15.2. The molecule has 1 aromatic rings. The topological polar surface area (TPSA) is 72.5 Å². The van der Waals surface area contributed by atoms with Crippen molar-refractivity contribution in [1.29, 1.82) is 0 Å². The third kappa shape index (κ3) is 4.37. The summed E-state index contributed by atoms with van der Waals surface area (Å²) >= 11 is 0. The lowest BCUT2D eigenvalue weighted by atomic mass is 9.96. The number of nitrogens with one attached hydrogen (secondary N) is 1. The van der Waals surface area contributed by atoms with Crippen molar-refractivity contribution < 1.29 is 23.5 Å². The fourth-order valence-electron chi connectivity index (χ4n) is 2.16. The number of ketones is 1. The van der Waals surface area contributed by atoms with Crippen LogP contribution in [-0.2, 0) is 14.3 Å². The van der Waals surface area contributed by atoms with Crippen LogP contribution in [0.5, 0.6) is 0 Å². The summed E-state index contributed by atoms with van der Waals surface area (Å²) in [5, 5.41) is 2.34. The number of esters is 1. The average Bonchev–Trinajstić information content (AvgIpc) is 2.47. The van der Waals surface area contributed by atoms with E-state index in [1.54, 1.807) is 0 Å². The number of carbonyl (C=O) groups is 3. The lowest BCUT2D eigenvalue weighted by Gasteiger charge is -2.20. The molecule has 5 nitrogen and oxygen atoms in total. The number of halogens is 1. The third-order valence-corrected chi connectivity index (χ3v) is 3.25. The molecule has 1 saturated carbocycles. The van der Waals surface area contributed by atoms with Gasteiger partial charge < -0.3 is 10.1 Å². The van der Waals surface area contributed by atoms with Gasteiger partial charge in [-0.05, 0) is 37.5 Å². The maximum absolute atomic E-state index is 13.0. The quantitative estimate of drug-likeness (QED) is 0.856. The van der Waals surface area contributed by atoms with Crippen molar-refractivity contribution in [1.82, 2.24) is 5.32 Å². The Kier molecular flexibility index (Phi) is 5.03. The number of benzene rings is 1. The Hall–Kier alpha value is -2.24. The molecule has 0 saturated heterocycles. The predicted molar refractivity (Wildman–Crippen MR) is 72.1 cm³/mol. The monoisotopic (exact) mass is 293 g/mol. The van der Waals surface area contributed by atoms with Crippen LogP contribution in [0.1, 0.15) is 36.0 Å². The van der Waals surface area contributed by atoms with E-state index in [9.17, 15) is 18.8 Å². The summed E-state index contributed by atoms with van der Waals surface area (Å²) in [6, 6.07) is 5.14. The van der Waals surface area contributed by atoms with Crippen LogP contribution in [0.2, 0.25) is 0 Å². The molecule has 1 aliphatic carbocycles. The van der Waals surface area contributed by atoms with Crippen LogP contribution in [0.15, 0.2) is 24.3 Å². The minimum absolute atomic E-state index is 0.0777. The molecule has 0 heterocycles. The van der Waals surface area contributed by atoms with Crippen LogP contribution < -0.4 is 5.32 Å². The number of ether oxygens (including phenoxy) is 1. The molecule has 0 aromatic heterocycles. The molecule has 2 rings (SSSR count). The van der Waals surface area contributed by atoms with Gasteiger partial charge in [0.1, 0.15) is 12.4 Å². The highest BCUT2D eigenvalue weighted by Crippen LogP contribution is 2.17. The van der Waals surface area contributed by atoms with Crippen molar-refractivity contribution in [3.63, 3.8) is 0 Å². The number of amides is 1. The summed E-state index contributed by atoms with van der Waals surface area (Å²) in [7, 11) is 0. The van der Waals surface area contributed by atoms with E-state index in [0.717, 1.165) is 18.9 Å². The summed E-state index contributed by atoms with van der Waals surface area (Å²) in [5.41, 5.74) is 0.122. The summed E-state index contributed by atoms with van der Waals surface area (Å²) in [6.07, 6.45) is 1.93. The van der Waals surface area contributed by atoms with Crippen LogP contribution >= 0.6 is 0 Å². The zero-order valence-corrected chi connectivity index (χ0v) is 11.4. The lowest BCUT2D eigenvalue weighted by Crippen LogP contribution is -2.36. The summed E-state index contributed by atoms with van der Waals surface area (Å²) in [4.78, 5) is 34.8. The van der Waals surface area contributed by atoms with Gasteiger partial charge in [-0.25, -0.2) is 4.39 Å². The first-order valence-electron chi connectivity index (χ1n) is 6.82. The lowest BCUT2D eigenvalue weighted by molar-refractivity contribution is -0.155. The highest BCUT2D eigenvalue weighted by molar-refractivity contribution is 5.96. The molecule has 0 bridgehead atoms. The van der Waals surface area contributed by atoms with Crippen molar-refractivity contribution in [2.24, 2.45) is 0 Å². The van der Waals surface area contributed by atoms with Crippen LogP contribution in [0, 0.1) is 5.82 Å². The molecule has 0 aliphatic heterocycles. The van der Waals surface area contributed by atoms with E-state index in [2.05, 4.69) is 5.32 Å². The Labute approximate surface area is 121 Å². The Morgan fingerprint density at radius 1 is 1.33 bits per heavy atom. The Bertz CT molecular complexity index is 558. The maximum Gasteiger partial charge on any atom is 0.326 e. The van der Waals surface area contributed by atoms with Crippen LogP contribution in [-0.4, -0.2) is 30.3 Å². The van der Waals surface area contributed by atoms with Gasteiger partial charge in [0.2, 0.25) is 0 Å². The molecule has 112 valence electrons. The largest absolute Gasteiger partial charge is 0.453 e. The third-order valence-electron chi connectivity index (χ3n) is 3.25. The van der Waals surface area contributed by atoms with E-state index >= 15 is 0 Å². The molecule has 1 aromatic carbocycles. The maximum atomic E-state index is 13.0. The van der Waals surface area contributed by atoms with E-state index in [-0.39, 0.29) is 17.9 Å². The van der Waals surface area contributed by atoms with Crippen LogP contribution in [0.25, 0.3) is 0 Å². The van der Waals surface area contributed by atoms with Gasteiger partial charge in [0.25, 0.3) is 5.91 Å². The molecule has 1 aliphatic rings. The molecule has 1 fully saturated rings. The van der Waals surface area contributed by atoms with Crippen LogP contribution in [0.3, 0.4) is 0 Å². The average molecular weight is 293 g/mol. The molecule has 0 radical (unpaired) electrons.